The molecule has 2 aliphatic rings. The van der Waals surface area contributed by atoms with Gasteiger partial charge < -0.3 is 0 Å². The van der Waals surface area contributed by atoms with Gasteiger partial charge in [-0.05, 0) is 90.0 Å². The number of benzene rings is 9. The van der Waals surface area contributed by atoms with Crippen molar-refractivity contribution in [2.45, 2.75) is 5.41 Å². The van der Waals surface area contributed by atoms with E-state index in [0.29, 0.717) is 0 Å². The molecule has 0 amide bonds. The third-order valence-corrected chi connectivity index (χ3v) is 13.9. The maximum absolute atomic E-state index is 5.66. The van der Waals surface area contributed by atoms with Gasteiger partial charge in [-0.3, -0.25) is 4.98 Å². The van der Waals surface area contributed by atoms with Gasteiger partial charge in [0.1, 0.15) is 0 Å². The van der Waals surface area contributed by atoms with Crippen molar-refractivity contribution in [1.82, 2.24) is 9.97 Å². The first-order chi connectivity index (χ1) is 29.7. The van der Waals surface area contributed by atoms with Crippen molar-refractivity contribution in [2.24, 2.45) is 0 Å². The molecule has 0 saturated carbocycles. The largest absolute Gasteiger partial charge is 0.254 e. The van der Waals surface area contributed by atoms with Gasteiger partial charge >= 0.3 is 0 Å². The lowest BCUT2D eigenvalue weighted by atomic mass is 9.67. The molecule has 0 atom stereocenters. The fraction of sp³-hybridized carbons (Fsp3) is 0.0175. The predicted octanol–water partition coefficient (Wildman–Crippen LogP) is 15.2. The zero-order valence-electron chi connectivity index (χ0n) is 32.3. The minimum absolute atomic E-state index is 0.486. The average molecular weight is 826 g/mol. The molecule has 0 radical (unpaired) electrons. The normalized spacial score (nSPS) is 13.2. The number of nitrogens with zero attached hydrogens (tertiary/aromatic N) is 2. The first kappa shape index (κ1) is 33.7. The number of pyridine rings is 2. The first-order valence-corrected chi connectivity index (χ1v) is 21.3. The quantitative estimate of drug-likeness (QED) is 0.165. The summed E-state index contributed by atoms with van der Waals surface area (Å²) in [6, 6.07) is 71.2. The Kier molecular flexibility index (Phi) is 7.11. The van der Waals surface area contributed by atoms with Crippen molar-refractivity contribution in [3.8, 4) is 55.8 Å². The lowest BCUT2D eigenvalue weighted by molar-refractivity contribution is 0.769. The highest BCUT2D eigenvalue weighted by atomic mass is 79.9. The van der Waals surface area contributed by atoms with Crippen LogP contribution >= 0.6 is 15.9 Å². The third kappa shape index (κ3) is 4.47. The number of halogens is 1. The Morgan fingerprint density at radius 2 is 1.05 bits per heavy atom. The maximum Gasteiger partial charge on any atom is 0.0979 e. The molecule has 13 rings (SSSR count). The Balaban J connectivity index is 1.10. The summed E-state index contributed by atoms with van der Waals surface area (Å²) in [4.78, 5) is 10.9. The maximum atomic E-state index is 5.66. The number of aromatic nitrogens is 2. The summed E-state index contributed by atoms with van der Waals surface area (Å²) in [5.41, 5.74) is 18.2. The van der Waals surface area contributed by atoms with E-state index < -0.39 is 5.41 Å². The molecule has 9 aromatic carbocycles. The summed E-state index contributed by atoms with van der Waals surface area (Å²) in [6.45, 7) is 0. The van der Waals surface area contributed by atoms with E-state index in [1.807, 2.05) is 6.20 Å². The molecule has 0 aliphatic heterocycles. The van der Waals surface area contributed by atoms with Crippen LogP contribution in [0, 0.1) is 0 Å². The highest BCUT2D eigenvalue weighted by molar-refractivity contribution is 9.10. The standard InChI is InChI=1S/C57H33BrN2/c58-50-30-29-46-51-44(50)22-12-23-45(51)53-52(42-21-11-14-34-13-7-8-19-38(34)42)47-28-27-43-39(31-32-59-55(43)56(47)60-54(46)53)35-25-26-41-40-20-9-10-24-48(40)57(49(41)33-35,36-15-3-1-4-16-36)37-17-5-2-6-18-37/h1-33H. The summed E-state index contributed by atoms with van der Waals surface area (Å²) in [5.74, 6) is 0. The molecule has 278 valence electrons. The van der Waals surface area contributed by atoms with Gasteiger partial charge in [0.05, 0.1) is 22.1 Å². The van der Waals surface area contributed by atoms with Crippen LogP contribution in [-0.4, -0.2) is 9.97 Å². The van der Waals surface area contributed by atoms with Gasteiger partial charge in [-0.15, -0.1) is 0 Å². The van der Waals surface area contributed by atoms with Gasteiger partial charge in [-0.25, -0.2) is 4.98 Å². The SMILES string of the molecule is Brc1ccc2c3c(cccc13)-c1c-2nc2c(ccc3c(-c4ccc5c(c4)C(c4ccccc4)(c4ccccc4)c4ccccc4-5)ccnc32)c1-c1cccc2ccccc12. The molecule has 11 aromatic rings. The number of rotatable bonds is 4. The van der Waals surface area contributed by atoms with E-state index in [-0.39, 0.29) is 0 Å². The average Bonchev–Trinajstić information content (AvgIpc) is 3.80. The van der Waals surface area contributed by atoms with Gasteiger partial charge in [-0.1, -0.05) is 192 Å². The second-order valence-electron chi connectivity index (χ2n) is 16.1. The van der Waals surface area contributed by atoms with Gasteiger partial charge in [0, 0.05) is 43.5 Å². The van der Waals surface area contributed by atoms with Gasteiger partial charge in [-0.2, -0.15) is 0 Å². The molecule has 2 nitrogen and oxygen atoms in total. The van der Waals surface area contributed by atoms with Crippen molar-refractivity contribution >= 4 is 59.3 Å². The molecule has 2 aliphatic carbocycles. The Morgan fingerprint density at radius 3 is 1.90 bits per heavy atom. The second kappa shape index (κ2) is 12.6. The van der Waals surface area contributed by atoms with E-state index in [9.17, 15) is 0 Å². The smallest absolute Gasteiger partial charge is 0.0979 e. The van der Waals surface area contributed by atoms with Crippen LogP contribution in [-0.2, 0) is 5.41 Å². The first-order valence-electron chi connectivity index (χ1n) is 20.5. The molecule has 0 fully saturated rings. The summed E-state index contributed by atoms with van der Waals surface area (Å²) in [5, 5.41) is 7.05. The van der Waals surface area contributed by atoms with E-state index in [0.717, 1.165) is 48.7 Å². The molecule has 0 bridgehead atoms. The van der Waals surface area contributed by atoms with Gasteiger partial charge in [0.25, 0.3) is 0 Å². The number of hydrogen-bond donors (Lipinski definition) is 0. The monoisotopic (exact) mass is 824 g/mol. The molecule has 0 spiro atoms. The summed E-state index contributed by atoms with van der Waals surface area (Å²) < 4.78 is 1.09. The lowest BCUT2D eigenvalue weighted by Gasteiger charge is -2.34. The van der Waals surface area contributed by atoms with Crippen LogP contribution in [0.3, 0.4) is 0 Å². The fourth-order valence-electron chi connectivity index (χ4n) is 10.8. The molecule has 0 unspecified atom stereocenters. The Hall–Kier alpha value is -7.20. The van der Waals surface area contributed by atoms with E-state index in [1.165, 1.54) is 77.2 Å². The topological polar surface area (TPSA) is 25.8 Å². The molecule has 3 heteroatoms. The number of hydrogen-bond acceptors (Lipinski definition) is 2. The molecule has 2 heterocycles. The Bertz CT molecular complexity index is 3570. The number of fused-ring (bicyclic) bond motifs is 10. The predicted molar refractivity (Wildman–Crippen MR) is 252 cm³/mol. The fourth-order valence-corrected chi connectivity index (χ4v) is 11.2. The van der Waals surface area contributed by atoms with Crippen LogP contribution < -0.4 is 0 Å². The molecular formula is C57H33BrN2. The van der Waals surface area contributed by atoms with Gasteiger partial charge in [0.2, 0.25) is 0 Å². The zero-order valence-corrected chi connectivity index (χ0v) is 33.9. The highest BCUT2D eigenvalue weighted by Crippen LogP contribution is 2.58. The molecule has 0 N–H and O–H groups in total. The summed E-state index contributed by atoms with van der Waals surface area (Å²) in [6.07, 6.45) is 1.97. The van der Waals surface area contributed by atoms with Crippen LogP contribution in [0.2, 0.25) is 0 Å². The minimum Gasteiger partial charge on any atom is -0.254 e. The van der Waals surface area contributed by atoms with Gasteiger partial charge in [0.15, 0.2) is 0 Å². The van der Waals surface area contributed by atoms with Crippen molar-refractivity contribution in [2.75, 3.05) is 0 Å². The molecule has 2 aromatic heterocycles. The summed E-state index contributed by atoms with van der Waals surface area (Å²) >= 11 is 3.87. The summed E-state index contributed by atoms with van der Waals surface area (Å²) in [7, 11) is 0. The van der Waals surface area contributed by atoms with Crippen molar-refractivity contribution in [3.05, 3.63) is 227 Å². The zero-order chi connectivity index (χ0) is 39.5. The highest BCUT2D eigenvalue weighted by Gasteiger charge is 2.46. The van der Waals surface area contributed by atoms with Crippen molar-refractivity contribution < 1.29 is 0 Å². The molecular weight excluding hydrogens is 793 g/mol. The minimum atomic E-state index is -0.486. The van der Waals surface area contributed by atoms with E-state index >= 15 is 0 Å². The lowest BCUT2D eigenvalue weighted by Crippen LogP contribution is -2.28. The van der Waals surface area contributed by atoms with Crippen LogP contribution in [0.5, 0.6) is 0 Å². The van der Waals surface area contributed by atoms with Crippen LogP contribution in [0.25, 0.3) is 99.1 Å². The van der Waals surface area contributed by atoms with Crippen molar-refractivity contribution in [3.63, 3.8) is 0 Å². The van der Waals surface area contributed by atoms with Crippen molar-refractivity contribution in [1.29, 1.82) is 0 Å². The van der Waals surface area contributed by atoms with Crippen LogP contribution in [0.1, 0.15) is 22.3 Å². The molecule has 0 saturated heterocycles. The van der Waals surface area contributed by atoms with E-state index in [1.54, 1.807) is 0 Å². The second-order valence-corrected chi connectivity index (χ2v) is 16.9. The Labute approximate surface area is 355 Å². The van der Waals surface area contributed by atoms with Crippen LogP contribution in [0.15, 0.2) is 205 Å². The van der Waals surface area contributed by atoms with Crippen LogP contribution in [0.4, 0.5) is 0 Å². The van der Waals surface area contributed by atoms with E-state index in [2.05, 4.69) is 210 Å². The molecule has 60 heavy (non-hydrogen) atoms. The Morgan fingerprint density at radius 1 is 0.400 bits per heavy atom. The van der Waals surface area contributed by atoms with E-state index in [4.69, 9.17) is 9.97 Å². The third-order valence-electron chi connectivity index (χ3n) is 13.2.